The summed E-state index contributed by atoms with van der Waals surface area (Å²) in [6, 6.07) is 14.0. The first-order chi connectivity index (χ1) is 14.0. The Morgan fingerprint density at radius 1 is 0.966 bits per heavy atom. The number of anilines is 1. The van der Waals surface area contributed by atoms with Gasteiger partial charge >= 0.3 is 0 Å². The first kappa shape index (κ1) is 20.4. The molecule has 3 aromatic rings. The molecule has 0 fully saturated rings. The fraction of sp³-hybridized carbons (Fsp3) is 0.250. The summed E-state index contributed by atoms with van der Waals surface area (Å²) in [7, 11) is 1.57. The Morgan fingerprint density at radius 3 is 2.31 bits per heavy atom. The van der Waals surface area contributed by atoms with Crippen LogP contribution in [0.3, 0.4) is 0 Å². The van der Waals surface area contributed by atoms with Gasteiger partial charge in [0.05, 0.1) is 17.3 Å². The summed E-state index contributed by atoms with van der Waals surface area (Å²) in [6.45, 7) is 3.28. The van der Waals surface area contributed by atoms with Gasteiger partial charge in [-0.25, -0.2) is 4.98 Å². The van der Waals surface area contributed by atoms with Crippen LogP contribution in [0.5, 0.6) is 11.5 Å². The predicted octanol–water partition coefficient (Wildman–Crippen LogP) is 2.72. The number of methoxy groups -OCH3 is 1. The van der Waals surface area contributed by atoms with Gasteiger partial charge in [-0.3, -0.25) is 20.4 Å². The van der Waals surface area contributed by atoms with Crippen molar-refractivity contribution < 1.29 is 19.1 Å². The van der Waals surface area contributed by atoms with Crippen molar-refractivity contribution in [3.05, 3.63) is 48.5 Å². The molecule has 3 rings (SSSR count). The number of hydrazine groups is 1. The number of thiazole rings is 1. The third kappa shape index (κ3) is 5.35. The van der Waals surface area contributed by atoms with Crippen molar-refractivity contribution in [1.29, 1.82) is 0 Å². The molecule has 29 heavy (non-hydrogen) atoms. The minimum atomic E-state index is -0.795. The predicted molar refractivity (Wildman–Crippen MR) is 112 cm³/mol. The Morgan fingerprint density at radius 2 is 1.62 bits per heavy atom. The van der Waals surface area contributed by atoms with E-state index in [-0.39, 0.29) is 0 Å². The second-order valence-corrected chi connectivity index (χ2v) is 7.30. The van der Waals surface area contributed by atoms with Gasteiger partial charge in [-0.15, -0.1) is 0 Å². The zero-order valence-corrected chi connectivity index (χ0v) is 17.1. The first-order valence-corrected chi connectivity index (χ1v) is 9.80. The van der Waals surface area contributed by atoms with E-state index in [1.54, 1.807) is 45.2 Å². The van der Waals surface area contributed by atoms with Gasteiger partial charge in [-0.2, -0.15) is 0 Å². The molecule has 0 aliphatic heterocycles. The van der Waals surface area contributed by atoms with Crippen LogP contribution in [-0.2, 0) is 9.59 Å². The van der Waals surface area contributed by atoms with E-state index >= 15 is 0 Å². The van der Waals surface area contributed by atoms with E-state index in [4.69, 9.17) is 9.47 Å². The highest BCUT2D eigenvalue weighted by atomic mass is 32.1. The Labute approximate surface area is 172 Å². The maximum absolute atomic E-state index is 12.3. The van der Waals surface area contributed by atoms with E-state index < -0.39 is 24.0 Å². The Hall–Kier alpha value is -3.33. The van der Waals surface area contributed by atoms with Gasteiger partial charge in [0, 0.05) is 0 Å². The van der Waals surface area contributed by atoms with E-state index in [1.807, 2.05) is 24.3 Å². The fourth-order valence-corrected chi connectivity index (χ4v) is 3.38. The Bertz CT molecular complexity index is 957. The van der Waals surface area contributed by atoms with Gasteiger partial charge in [-0.05, 0) is 50.2 Å². The summed E-state index contributed by atoms with van der Waals surface area (Å²) < 4.78 is 11.7. The van der Waals surface area contributed by atoms with Crippen molar-refractivity contribution in [3.63, 3.8) is 0 Å². The molecule has 152 valence electrons. The Balaban J connectivity index is 1.47. The number of amides is 2. The third-order valence-electron chi connectivity index (χ3n) is 4.08. The van der Waals surface area contributed by atoms with Gasteiger partial charge in [0.15, 0.2) is 11.2 Å². The van der Waals surface area contributed by atoms with Crippen LogP contribution in [0.2, 0.25) is 0 Å². The molecule has 2 aromatic carbocycles. The lowest BCUT2D eigenvalue weighted by Crippen LogP contribution is -2.51. The molecule has 0 bridgehead atoms. The molecule has 1 aromatic heterocycles. The maximum atomic E-state index is 12.3. The van der Waals surface area contributed by atoms with Crippen LogP contribution in [0.25, 0.3) is 10.2 Å². The second-order valence-electron chi connectivity index (χ2n) is 6.27. The van der Waals surface area contributed by atoms with Crippen molar-refractivity contribution in [2.24, 2.45) is 0 Å². The summed E-state index contributed by atoms with van der Waals surface area (Å²) in [5.74, 6) is 0.345. The molecule has 0 radical (unpaired) electrons. The monoisotopic (exact) mass is 414 g/mol. The Kier molecular flexibility index (Phi) is 6.50. The van der Waals surface area contributed by atoms with Gasteiger partial charge in [0.25, 0.3) is 11.8 Å². The number of carbonyl (C=O) groups excluding carboxylic acids is 2. The SMILES string of the molecule is COc1ccc(O[C@@H](C)C(=O)NNC(=O)[C@@H](C)Nc2nc3ccccc3s2)cc1. The van der Waals surface area contributed by atoms with E-state index in [1.165, 1.54) is 11.3 Å². The van der Waals surface area contributed by atoms with Crippen molar-refractivity contribution >= 4 is 38.5 Å². The molecular weight excluding hydrogens is 392 g/mol. The third-order valence-corrected chi connectivity index (χ3v) is 5.05. The van der Waals surface area contributed by atoms with Crippen LogP contribution in [-0.4, -0.2) is 36.1 Å². The average Bonchev–Trinajstić information content (AvgIpc) is 3.14. The van der Waals surface area contributed by atoms with Crippen molar-refractivity contribution in [2.75, 3.05) is 12.4 Å². The molecule has 3 N–H and O–H groups in total. The van der Waals surface area contributed by atoms with Crippen LogP contribution in [0.15, 0.2) is 48.5 Å². The molecule has 0 saturated heterocycles. The zero-order valence-electron chi connectivity index (χ0n) is 16.3. The van der Waals surface area contributed by atoms with Crippen LogP contribution in [0, 0.1) is 0 Å². The molecule has 2 amide bonds. The number of hydrogen-bond donors (Lipinski definition) is 3. The van der Waals surface area contributed by atoms with Gasteiger partial charge < -0.3 is 14.8 Å². The summed E-state index contributed by atoms with van der Waals surface area (Å²) in [5, 5.41) is 3.67. The maximum Gasteiger partial charge on any atom is 0.279 e. The number of carbonyl (C=O) groups is 2. The minimum Gasteiger partial charge on any atom is -0.497 e. The van der Waals surface area contributed by atoms with Gasteiger partial charge in [0.1, 0.15) is 17.5 Å². The molecule has 2 atom stereocenters. The second kappa shape index (κ2) is 9.24. The number of hydrogen-bond acceptors (Lipinski definition) is 7. The highest BCUT2D eigenvalue weighted by Crippen LogP contribution is 2.25. The largest absolute Gasteiger partial charge is 0.497 e. The number of para-hydroxylation sites is 1. The summed E-state index contributed by atoms with van der Waals surface area (Å²) >= 11 is 1.46. The number of ether oxygens (including phenoxy) is 2. The number of fused-ring (bicyclic) bond motifs is 1. The lowest BCUT2D eigenvalue weighted by atomic mass is 10.3. The lowest BCUT2D eigenvalue weighted by molar-refractivity contribution is -0.132. The normalized spacial score (nSPS) is 12.7. The summed E-state index contributed by atoms with van der Waals surface area (Å²) in [4.78, 5) is 28.8. The van der Waals surface area contributed by atoms with E-state index in [2.05, 4.69) is 21.2 Å². The van der Waals surface area contributed by atoms with Crippen molar-refractivity contribution in [1.82, 2.24) is 15.8 Å². The number of benzene rings is 2. The van der Waals surface area contributed by atoms with E-state index in [9.17, 15) is 9.59 Å². The smallest absolute Gasteiger partial charge is 0.279 e. The lowest BCUT2D eigenvalue weighted by Gasteiger charge is -2.17. The topological polar surface area (TPSA) is 102 Å². The number of aromatic nitrogens is 1. The fourth-order valence-electron chi connectivity index (χ4n) is 2.43. The molecule has 0 saturated carbocycles. The molecule has 0 spiro atoms. The molecule has 8 nitrogen and oxygen atoms in total. The van der Waals surface area contributed by atoms with Gasteiger partial charge in [0.2, 0.25) is 0 Å². The molecule has 1 heterocycles. The van der Waals surface area contributed by atoms with Gasteiger partial charge in [-0.1, -0.05) is 23.5 Å². The van der Waals surface area contributed by atoms with E-state index in [0.29, 0.717) is 16.6 Å². The average molecular weight is 414 g/mol. The molecule has 0 aliphatic rings. The molecular formula is C20H22N4O4S. The van der Waals surface area contributed by atoms with Crippen molar-refractivity contribution in [3.8, 4) is 11.5 Å². The molecule has 0 unspecified atom stereocenters. The van der Waals surface area contributed by atoms with Crippen LogP contribution in [0.1, 0.15) is 13.8 Å². The summed E-state index contributed by atoms with van der Waals surface area (Å²) in [5.41, 5.74) is 5.64. The number of nitrogens with one attached hydrogen (secondary N) is 3. The number of nitrogens with zero attached hydrogens (tertiary/aromatic N) is 1. The summed E-state index contributed by atoms with van der Waals surface area (Å²) in [6.07, 6.45) is -0.795. The first-order valence-electron chi connectivity index (χ1n) is 8.99. The highest BCUT2D eigenvalue weighted by molar-refractivity contribution is 7.22. The zero-order chi connectivity index (χ0) is 20.8. The van der Waals surface area contributed by atoms with Crippen LogP contribution < -0.4 is 25.6 Å². The van der Waals surface area contributed by atoms with Crippen LogP contribution >= 0.6 is 11.3 Å². The highest BCUT2D eigenvalue weighted by Gasteiger charge is 2.19. The molecule has 9 heteroatoms. The van der Waals surface area contributed by atoms with E-state index in [0.717, 1.165) is 10.2 Å². The van der Waals surface area contributed by atoms with Crippen molar-refractivity contribution in [2.45, 2.75) is 26.0 Å². The molecule has 0 aliphatic carbocycles. The quantitative estimate of drug-likeness (QED) is 0.514. The standard InChI is InChI=1S/C20H22N4O4S/c1-12(21-20-22-16-6-4-5-7-17(16)29-20)18(25)23-24-19(26)13(2)28-15-10-8-14(27-3)9-11-15/h4-13H,1-3H3,(H,21,22)(H,23,25)(H,24,26)/t12-,13+/m1/s1. The van der Waals surface area contributed by atoms with Crippen LogP contribution in [0.4, 0.5) is 5.13 Å². The number of rotatable bonds is 7. The minimum absolute atomic E-state index is 0.394.